The van der Waals surface area contributed by atoms with Crippen molar-refractivity contribution in [3.05, 3.63) is 19.6 Å². The van der Waals surface area contributed by atoms with Crippen LogP contribution in [0.2, 0.25) is 0 Å². The minimum absolute atomic E-state index is 0.106. The van der Waals surface area contributed by atoms with Gasteiger partial charge >= 0.3 is 11.9 Å². The van der Waals surface area contributed by atoms with Crippen LogP contribution in [0, 0.1) is 22.7 Å². The molecule has 154 valence electrons. The van der Waals surface area contributed by atoms with E-state index in [0.29, 0.717) is 0 Å². The minimum Gasteiger partial charge on any atom is -0.505 e. The molecule has 12 heteroatoms. The Morgan fingerprint density at radius 2 is 1.07 bits per heavy atom. The van der Waals surface area contributed by atoms with Crippen molar-refractivity contribution in [2.24, 2.45) is 0 Å². The zero-order valence-corrected chi connectivity index (χ0v) is 18.7. The van der Waals surface area contributed by atoms with Crippen LogP contribution in [0.4, 0.5) is 0 Å². The fourth-order valence-electron chi connectivity index (χ4n) is 2.39. The largest absolute Gasteiger partial charge is 0.505 e. The Morgan fingerprint density at radius 3 is 1.30 bits per heavy atom. The maximum absolute atomic E-state index is 12.0. The van der Waals surface area contributed by atoms with Gasteiger partial charge in [0.05, 0.1) is 41.3 Å². The first kappa shape index (κ1) is 22.3. The van der Waals surface area contributed by atoms with Crippen molar-refractivity contribution in [3.8, 4) is 23.6 Å². The lowest BCUT2D eigenvalue weighted by molar-refractivity contribution is -0.138. The lowest BCUT2D eigenvalue weighted by Gasteiger charge is -2.08. The molecule has 2 aliphatic rings. The lowest BCUT2D eigenvalue weighted by atomic mass is 10.3. The number of phenolic OH excluding ortho intramolecular Hbond substituents is 2. The zero-order valence-electron chi connectivity index (χ0n) is 15.5. The highest BCUT2D eigenvalue weighted by Gasteiger charge is 2.38. The van der Waals surface area contributed by atoms with E-state index in [1.165, 1.54) is 0 Å². The van der Waals surface area contributed by atoms with Crippen molar-refractivity contribution in [2.75, 3.05) is 13.2 Å². The molecule has 0 spiro atoms. The van der Waals surface area contributed by atoms with E-state index >= 15 is 0 Å². The number of rotatable bonds is 4. The quantitative estimate of drug-likeness (QED) is 0.277. The van der Waals surface area contributed by atoms with Crippen molar-refractivity contribution in [1.29, 1.82) is 10.5 Å². The Labute approximate surface area is 188 Å². The van der Waals surface area contributed by atoms with Crippen molar-refractivity contribution < 1.29 is 29.3 Å². The number of hydrogen-bond donors (Lipinski definition) is 2. The highest BCUT2D eigenvalue weighted by atomic mass is 32.2. The monoisotopic (exact) mass is 480 g/mol. The summed E-state index contributed by atoms with van der Waals surface area (Å²) in [4.78, 5) is 25.2. The summed E-state index contributed by atoms with van der Waals surface area (Å²) < 4.78 is 10.3. The van der Waals surface area contributed by atoms with Crippen LogP contribution in [0.15, 0.2) is 39.2 Å². The maximum atomic E-state index is 12.0. The van der Waals surface area contributed by atoms with Gasteiger partial charge in [-0.3, -0.25) is 0 Å². The topological polar surface area (TPSA) is 141 Å². The van der Waals surface area contributed by atoms with Crippen LogP contribution < -0.4 is 0 Å². The van der Waals surface area contributed by atoms with E-state index in [2.05, 4.69) is 0 Å². The number of aromatic hydroxyl groups is 2. The van der Waals surface area contributed by atoms with Gasteiger partial charge in [0.25, 0.3) is 0 Å². The summed E-state index contributed by atoms with van der Waals surface area (Å²) in [5, 5.41) is 40.2. The second kappa shape index (κ2) is 9.18. The molecule has 8 nitrogen and oxygen atoms in total. The van der Waals surface area contributed by atoms with Gasteiger partial charge in [-0.1, -0.05) is 47.0 Å². The highest BCUT2D eigenvalue weighted by molar-refractivity contribution is 8.26. The molecule has 1 aromatic rings. The maximum Gasteiger partial charge on any atom is 0.350 e. The summed E-state index contributed by atoms with van der Waals surface area (Å²) in [5.41, 5.74) is -0.422. The molecule has 0 bridgehead atoms. The number of ether oxygens (including phenoxy) is 2. The molecule has 0 aromatic heterocycles. The van der Waals surface area contributed by atoms with Crippen LogP contribution in [0.3, 0.4) is 0 Å². The molecule has 1 aromatic carbocycles. The molecule has 3 rings (SSSR count). The van der Waals surface area contributed by atoms with Gasteiger partial charge in [0.15, 0.2) is 11.1 Å². The molecule has 0 unspecified atom stereocenters. The molecule has 0 fully saturated rings. The number of benzene rings is 1. The van der Waals surface area contributed by atoms with Gasteiger partial charge in [0.2, 0.25) is 0 Å². The molecular weight excluding hydrogens is 468 g/mol. The Bertz CT molecular complexity index is 985. The first-order valence-corrected chi connectivity index (χ1v) is 11.6. The molecule has 2 heterocycles. The van der Waals surface area contributed by atoms with Gasteiger partial charge < -0.3 is 19.7 Å². The van der Waals surface area contributed by atoms with E-state index in [1.807, 2.05) is 12.1 Å². The normalized spacial score (nSPS) is 13.7. The minimum atomic E-state index is -0.781. The predicted octanol–water partition coefficient (Wildman–Crippen LogP) is 4.09. The van der Waals surface area contributed by atoms with E-state index in [1.54, 1.807) is 13.8 Å². The van der Waals surface area contributed by atoms with Crippen molar-refractivity contribution >= 4 is 59.0 Å². The number of hydrogen-bond acceptors (Lipinski definition) is 12. The Morgan fingerprint density at radius 1 is 0.767 bits per heavy atom. The number of nitriles is 2. The van der Waals surface area contributed by atoms with E-state index in [9.17, 15) is 30.3 Å². The third-order valence-corrected chi connectivity index (χ3v) is 8.87. The number of carbonyl (C=O) groups is 2. The number of nitrogens with zero attached hydrogens (tertiary/aromatic N) is 2. The van der Waals surface area contributed by atoms with E-state index < -0.39 is 11.9 Å². The Kier molecular flexibility index (Phi) is 6.83. The second-order valence-electron chi connectivity index (χ2n) is 5.41. The summed E-state index contributed by atoms with van der Waals surface area (Å²) in [6.07, 6.45) is 0. The van der Waals surface area contributed by atoms with Crippen LogP contribution in [0.5, 0.6) is 11.5 Å². The van der Waals surface area contributed by atoms with Crippen molar-refractivity contribution in [2.45, 2.75) is 33.4 Å². The standard InChI is InChI=1S/C18H12N2O6S4/c1-3-25-15(23)7(5-19)17-27-11-9(21)13-14(10(22)12(11)28-17)30-18(29-13)8(6-20)16(24)26-4-2/h21-22H,3-4H2,1-2H3. The van der Waals surface area contributed by atoms with E-state index in [4.69, 9.17) is 9.47 Å². The molecular formula is C18H12N2O6S4. The van der Waals surface area contributed by atoms with Gasteiger partial charge in [0, 0.05) is 0 Å². The van der Waals surface area contributed by atoms with Gasteiger partial charge in [-0.2, -0.15) is 10.5 Å². The van der Waals surface area contributed by atoms with Gasteiger partial charge in [-0.05, 0) is 13.8 Å². The third kappa shape index (κ3) is 3.84. The SMILES string of the molecule is CCOC(=O)C(C#N)=C1Sc2c(O)c3c(c(O)c2S1)SC(=C(C#N)C(=O)OCC)S3. The van der Waals surface area contributed by atoms with Crippen molar-refractivity contribution in [3.63, 3.8) is 0 Å². The van der Waals surface area contributed by atoms with Crippen LogP contribution in [-0.2, 0) is 19.1 Å². The number of esters is 2. The first-order valence-electron chi connectivity index (χ1n) is 8.34. The zero-order chi connectivity index (χ0) is 22.0. The molecule has 0 atom stereocenters. The smallest absolute Gasteiger partial charge is 0.350 e. The molecule has 30 heavy (non-hydrogen) atoms. The molecule has 0 radical (unpaired) electrons. The number of fused-ring (bicyclic) bond motifs is 2. The first-order chi connectivity index (χ1) is 14.4. The summed E-state index contributed by atoms with van der Waals surface area (Å²) in [6, 6.07) is 3.62. The average Bonchev–Trinajstić information content (AvgIpc) is 3.34. The molecule has 2 N–H and O–H groups in total. The third-order valence-electron chi connectivity index (χ3n) is 3.64. The molecule has 2 aliphatic heterocycles. The summed E-state index contributed by atoms with van der Waals surface area (Å²) >= 11 is 3.89. The number of phenols is 2. The van der Waals surface area contributed by atoms with Crippen LogP contribution in [0.1, 0.15) is 13.8 Å². The van der Waals surface area contributed by atoms with E-state index in [0.717, 1.165) is 47.0 Å². The fourth-order valence-corrected chi connectivity index (χ4v) is 7.57. The highest BCUT2D eigenvalue weighted by Crippen LogP contribution is 2.67. The average molecular weight is 481 g/mol. The molecule has 0 aliphatic carbocycles. The van der Waals surface area contributed by atoms with Crippen LogP contribution in [-0.4, -0.2) is 35.4 Å². The van der Waals surface area contributed by atoms with Gasteiger partial charge in [-0.25, -0.2) is 9.59 Å². The van der Waals surface area contributed by atoms with Crippen molar-refractivity contribution in [1.82, 2.24) is 0 Å². The summed E-state index contributed by atoms with van der Waals surface area (Å²) in [6.45, 7) is 3.45. The van der Waals surface area contributed by atoms with Crippen LogP contribution >= 0.6 is 47.0 Å². The Hall–Kier alpha value is -2.38. The fraction of sp³-hybridized carbons (Fsp3) is 0.222. The van der Waals surface area contributed by atoms with Crippen LogP contribution in [0.25, 0.3) is 0 Å². The molecule has 0 saturated heterocycles. The van der Waals surface area contributed by atoms with Gasteiger partial charge in [0.1, 0.15) is 23.6 Å². The number of carbonyl (C=O) groups excluding carboxylic acids is 2. The predicted molar refractivity (Wildman–Crippen MR) is 112 cm³/mol. The lowest BCUT2D eigenvalue weighted by Crippen LogP contribution is -2.07. The number of thioether (sulfide) groups is 4. The summed E-state index contributed by atoms with van der Waals surface area (Å²) in [5.74, 6) is -1.90. The molecule has 0 saturated carbocycles. The van der Waals surface area contributed by atoms with Gasteiger partial charge in [-0.15, -0.1) is 0 Å². The summed E-state index contributed by atoms with van der Waals surface area (Å²) in [7, 11) is 0. The second-order valence-corrected chi connectivity index (χ2v) is 10.0. The molecule has 0 amide bonds. The Balaban J connectivity index is 2.04. The van der Waals surface area contributed by atoms with E-state index in [-0.39, 0.29) is 63.9 Å².